The van der Waals surface area contributed by atoms with Crippen LogP contribution in [0.3, 0.4) is 0 Å². The quantitative estimate of drug-likeness (QED) is 0.355. The van der Waals surface area contributed by atoms with Gasteiger partial charge in [0.15, 0.2) is 0 Å². The Morgan fingerprint density at radius 2 is 1.53 bits per heavy atom. The van der Waals surface area contributed by atoms with Gasteiger partial charge in [0, 0.05) is 11.5 Å². The van der Waals surface area contributed by atoms with Crippen molar-refractivity contribution in [2.45, 2.75) is 66.9 Å². The van der Waals surface area contributed by atoms with Gasteiger partial charge in [-0.25, -0.2) is 0 Å². The highest BCUT2D eigenvalue weighted by Crippen LogP contribution is 2.39. The van der Waals surface area contributed by atoms with Crippen LogP contribution in [0.5, 0.6) is 5.75 Å². The highest BCUT2D eigenvalue weighted by molar-refractivity contribution is 5.75. The molecule has 0 aliphatic carbocycles. The predicted molar refractivity (Wildman–Crippen MR) is 124 cm³/mol. The molecular formula is C27H38O3. The number of aliphatic hydroxyl groups is 1. The standard InChI is InChI=1S/C27H38O3/c1-18(2)23(19(3)4)13-14-24(22-10-8-7-9-11-22)25-16-21(17-28)12-15-26(25)30-27(29)20(5)6/h7-12,15-16,18-20,23-24,28H,13-14,17H2,1-6H3/t24-/m0/s1. The van der Waals surface area contributed by atoms with Crippen molar-refractivity contribution in [3.8, 4) is 5.75 Å². The van der Waals surface area contributed by atoms with Gasteiger partial charge in [0.05, 0.1) is 12.5 Å². The third-order valence-corrected chi connectivity index (χ3v) is 6.02. The number of hydrogen-bond acceptors (Lipinski definition) is 3. The van der Waals surface area contributed by atoms with Crippen LogP contribution in [0.15, 0.2) is 48.5 Å². The van der Waals surface area contributed by atoms with E-state index in [1.807, 2.05) is 38.1 Å². The number of benzene rings is 2. The van der Waals surface area contributed by atoms with Gasteiger partial charge in [0.2, 0.25) is 0 Å². The molecule has 0 saturated heterocycles. The molecular weight excluding hydrogens is 372 g/mol. The molecule has 0 amide bonds. The predicted octanol–water partition coefficient (Wildman–Crippen LogP) is 6.58. The summed E-state index contributed by atoms with van der Waals surface area (Å²) in [5, 5.41) is 9.73. The number of ether oxygens (including phenoxy) is 1. The Hall–Kier alpha value is -2.13. The van der Waals surface area contributed by atoms with Crippen LogP contribution >= 0.6 is 0 Å². The zero-order valence-electron chi connectivity index (χ0n) is 19.4. The number of aliphatic hydroxyl groups excluding tert-OH is 1. The normalized spacial score (nSPS) is 12.8. The van der Waals surface area contributed by atoms with Crippen molar-refractivity contribution in [1.29, 1.82) is 0 Å². The van der Waals surface area contributed by atoms with Gasteiger partial charge in [-0.2, -0.15) is 0 Å². The van der Waals surface area contributed by atoms with E-state index in [4.69, 9.17) is 4.74 Å². The highest BCUT2D eigenvalue weighted by atomic mass is 16.5. The van der Waals surface area contributed by atoms with Crippen LogP contribution in [0.25, 0.3) is 0 Å². The van der Waals surface area contributed by atoms with E-state index < -0.39 is 0 Å². The van der Waals surface area contributed by atoms with Gasteiger partial charge in [-0.05, 0) is 53.9 Å². The van der Waals surface area contributed by atoms with Crippen molar-refractivity contribution >= 4 is 5.97 Å². The van der Waals surface area contributed by atoms with Crippen molar-refractivity contribution in [1.82, 2.24) is 0 Å². The van der Waals surface area contributed by atoms with Crippen molar-refractivity contribution < 1.29 is 14.6 Å². The van der Waals surface area contributed by atoms with E-state index in [-0.39, 0.29) is 24.4 Å². The van der Waals surface area contributed by atoms with Crippen LogP contribution in [-0.2, 0) is 11.4 Å². The lowest BCUT2D eigenvalue weighted by molar-refractivity contribution is -0.137. The fraction of sp³-hybridized carbons (Fsp3) is 0.519. The maximum Gasteiger partial charge on any atom is 0.313 e. The molecule has 0 unspecified atom stereocenters. The zero-order chi connectivity index (χ0) is 22.3. The largest absolute Gasteiger partial charge is 0.426 e. The van der Waals surface area contributed by atoms with Crippen molar-refractivity contribution in [2.24, 2.45) is 23.7 Å². The first-order chi connectivity index (χ1) is 14.2. The Morgan fingerprint density at radius 1 is 0.900 bits per heavy atom. The highest BCUT2D eigenvalue weighted by Gasteiger charge is 2.25. The smallest absolute Gasteiger partial charge is 0.313 e. The molecule has 0 bridgehead atoms. The monoisotopic (exact) mass is 410 g/mol. The molecule has 0 saturated carbocycles. The van der Waals surface area contributed by atoms with Crippen molar-refractivity contribution in [2.75, 3.05) is 0 Å². The molecule has 2 rings (SSSR count). The molecule has 3 nitrogen and oxygen atoms in total. The van der Waals surface area contributed by atoms with Crippen LogP contribution in [0.2, 0.25) is 0 Å². The number of carbonyl (C=O) groups is 1. The van der Waals surface area contributed by atoms with Crippen LogP contribution in [-0.4, -0.2) is 11.1 Å². The van der Waals surface area contributed by atoms with Crippen molar-refractivity contribution in [3.63, 3.8) is 0 Å². The maximum atomic E-state index is 12.4. The molecule has 2 aromatic rings. The second kappa shape index (κ2) is 11.3. The third-order valence-electron chi connectivity index (χ3n) is 6.02. The second-order valence-electron chi connectivity index (χ2n) is 9.30. The molecule has 3 heteroatoms. The first-order valence-electron chi connectivity index (χ1n) is 11.2. The number of esters is 1. The summed E-state index contributed by atoms with van der Waals surface area (Å²) in [6.45, 7) is 12.8. The summed E-state index contributed by atoms with van der Waals surface area (Å²) >= 11 is 0. The minimum atomic E-state index is -0.234. The molecule has 0 radical (unpaired) electrons. The summed E-state index contributed by atoms with van der Waals surface area (Å²) in [5.74, 6) is 2.13. The lowest BCUT2D eigenvalue weighted by atomic mass is 9.77. The van der Waals surface area contributed by atoms with Gasteiger partial charge in [0.1, 0.15) is 5.75 Å². The number of hydrogen-bond donors (Lipinski definition) is 1. The van der Waals surface area contributed by atoms with E-state index in [9.17, 15) is 9.90 Å². The summed E-state index contributed by atoms with van der Waals surface area (Å²) in [6, 6.07) is 16.1. The van der Waals surface area contributed by atoms with E-state index in [0.29, 0.717) is 23.5 Å². The van der Waals surface area contributed by atoms with Gasteiger partial charge < -0.3 is 9.84 Å². The zero-order valence-corrected chi connectivity index (χ0v) is 19.4. The molecule has 0 spiro atoms. The van der Waals surface area contributed by atoms with Crippen LogP contribution in [0, 0.1) is 23.7 Å². The molecule has 2 aromatic carbocycles. The molecule has 1 N–H and O–H groups in total. The molecule has 0 heterocycles. The Morgan fingerprint density at radius 3 is 2.07 bits per heavy atom. The van der Waals surface area contributed by atoms with E-state index in [1.54, 1.807) is 0 Å². The van der Waals surface area contributed by atoms with Crippen molar-refractivity contribution in [3.05, 3.63) is 65.2 Å². The Balaban J connectivity index is 2.48. The van der Waals surface area contributed by atoms with E-state index in [2.05, 4.69) is 52.0 Å². The molecule has 164 valence electrons. The van der Waals surface area contributed by atoms with Gasteiger partial charge in [0.25, 0.3) is 0 Å². The summed E-state index contributed by atoms with van der Waals surface area (Å²) < 4.78 is 5.79. The topological polar surface area (TPSA) is 46.5 Å². The average Bonchev–Trinajstić information content (AvgIpc) is 2.71. The van der Waals surface area contributed by atoms with E-state index in [0.717, 1.165) is 24.0 Å². The van der Waals surface area contributed by atoms with Gasteiger partial charge in [-0.1, -0.05) is 77.9 Å². The Kier molecular flexibility index (Phi) is 9.10. The van der Waals surface area contributed by atoms with Gasteiger partial charge in [-0.15, -0.1) is 0 Å². The second-order valence-corrected chi connectivity index (χ2v) is 9.30. The summed E-state index contributed by atoms with van der Waals surface area (Å²) in [7, 11) is 0. The maximum absolute atomic E-state index is 12.4. The molecule has 0 aromatic heterocycles. The SMILES string of the molecule is CC(C)C(=O)Oc1ccc(CO)cc1[C@@H](CCC(C(C)C)C(C)C)c1ccccc1. The fourth-order valence-electron chi connectivity index (χ4n) is 4.27. The van der Waals surface area contributed by atoms with Gasteiger partial charge in [-0.3, -0.25) is 4.79 Å². The van der Waals surface area contributed by atoms with Crippen LogP contribution < -0.4 is 4.74 Å². The molecule has 0 fully saturated rings. The summed E-state index contributed by atoms with van der Waals surface area (Å²) in [6.07, 6.45) is 2.06. The van der Waals surface area contributed by atoms with Crippen LogP contribution in [0.4, 0.5) is 0 Å². The molecule has 30 heavy (non-hydrogen) atoms. The van der Waals surface area contributed by atoms with Crippen LogP contribution in [0.1, 0.15) is 77.0 Å². The first kappa shape index (κ1) is 24.1. The van der Waals surface area contributed by atoms with Gasteiger partial charge >= 0.3 is 5.97 Å². The molecule has 1 atom stereocenters. The van der Waals surface area contributed by atoms with E-state index in [1.165, 1.54) is 5.56 Å². The Labute approximate surface area is 182 Å². The lowest BCUT2D eigenvalue weighted by Gasteiger charge is -2.28. The molecule has 0 aliphatic rings. The average molecular weight is 411 g/mol. The lowest BCUT2D eigenvalue weighted by Crippen LogP contribution is -2.19. The third kappa shape index (κ3) is 6.43. The minimum Gasteiger partial charge on any atom is -0.426 e. The first-order valence-corrected chi connectivity index (χ1v) is 11.2. The number of rotatable bonds is 10. The van der Waals surface area contributed by atoms with E-state index >= 15 is 0 Å². The summed E-state index contributed by atoms with van der Waals surface area (Å²) in [4.78, 5) is 12.4. The Bertz CT molecular complexity index is 785. The summed E-state index contributed by atoms with van der Waals surface area (Å²) in [5.41, 5.74) is 3.02. The molecule has 0 aliphatic heterocycles. The fourth-order valence-corrected chi connectivity index (χ4v) is 4.27. The number of carbonyl (C=O) groups excluding carboxylic acids is 1. The minimum absolute atomic E-state index is 0.0342.